The van der Waals surface area contributed by atoms with Gasteiger partial charge in [-0.1, -0.05) is 24.3 Å². The largest absolute Gasteiger partial charge is 0.354 e. The Bertz CT molecular complexity index is 865. The van der Waals surface area contributed by atoms with Crippen LogP contribution in [0, 0.1) is 5.82 Å². The van der Waals surface area contributed by atoms with Crippen LogP contribution in [-0.4, -0.2) is 47.6 Å². The molecule has 0 aliphatic carbocycles. The van der Waals surface area contributed by atoms with Crippen LogP contribution in [0.25, 0.3) is 0 Å². The minimum absolute atomic E-state index is 0.110. The summed E-state index contributed by atoms with van der Waals surface area (Å²) in [5, 5.41) is 3.61. The predicted octanol–water partition coefficient (Wildman–Crippen LogP) is 3.27. The smallest absolute Gasteiger partial charge is 0.128 e. The van der Waals surface area contributed by atoms with Gasteiger partial charge in [-0.2, -0.15) is 0 Å². The Morgan fingerprint density at radius 3 is 2.24 bits per heavy atom. The highest BCUT2D eigenvalue weighted by molar-refractivity contribution is 5.38. The van der Waals surface area contributed by atoms with Crippen LogP contribution < -0.4 is 10.2 Å². The molecule has 1 fully saturated rings. The molecule has 0 spiro atoms. The summed E-state index contributed by atoms with van der Waals surface area (Å²) >= 11 is 0. The Morgan fingerprint density at radius 1 is 0.862 bits per heavy atom. The van der Waals surface area contributed by atoms with Crippen LogP contribution in [0.2, 0.25) is 0 Å². The first kappa shape index (κ1) is 19.5. The van der Waals surface area contributed by atoms with E-state index in [1.165, 1.54) is 12.1 Å². The molecule has 1 N–H and O–H groups in total. The Kier molecular flexibility index (Phi) is 6.44. The summed E-state index contributed by atoms with van der Waals surface area (Å²) in [7, 11) is 0. The van der Waals surface area contributed by atoms with E-state index in [0.29, 0.717) is 6.54 Å². The lowest BCUT2D eigenvalue weighted by Gasteiger charge is -2.37. The summed E-state index contributed by atoms with van der Waals surface area (Å²) in [6.45, 7) is 5.39. The summed E-state index contributed by atoms with van der Waals surface area (Å²) < 4.78 is 13.4. The lowest BCUT2D eigenvalue weighted by molar-refractivity contribution is 0.228. The number of benzene rings is 1. The van der Waals surface area contributed by atoms with Gasteiger partial charge in [0, 0.05) is 57.7 Å². The van der Waals surface area contributed by atoms with Gasteiger partial charge in [-0.25, -0.2) is 9.37 Å². The number of nitrogens with one attached hydrogen (secondary N) is 1. The van der Waals surface area contributed by atoms with Crippen molar-refractivity contribution in [1.82, 2.24) is 20.2 Å². The lowest BCUT2D eigenvalue weighted by atomic mass is 10.1. The molecular formula is C23H26FN5. The standard InChI is InChI=1S/C23H26FN5/c24-20-9-7-19(8-10-20)22(27-17-21-5-1-3-11-25-21)18-28-13-15-29(16-14-28)23-6-2-4-12-26-23/h1-12,22,27H,13-18H2. The molecular weight excluding hydrogens is 365 g/mol. The van der Waals surface area contributed by atoms with Gasteiger partial charge in [0.1, 0.15) is 11.6 Å². The SMILES string of the molecule is Fc1ccc(C(CN2CCN(c3ccccn3)CC2)NCc2ccccn2)cc1. The summed E-state index contributed by atoms with van der Waals surface area (Å²) in [5.74, 6) is 0.830. The van der Waals surface area contributed by atoms with E-state index in [2.05, 4.69) is 31.2 Å². The number of rotatable bonds is 7. The van der Waals surface area contributed by atoms with E-state index in [1.54, 1.807) is 6.20 Å². The molecule has 0 radical (unpaired) electrons. The third-order valence-corrected chi connectivity index (χ3v) is 5.31. The van der Waals surface area contributed by atoms with Gasteiger partial charge in [0.25, 0.3) is 0 Å². The van der Waals surface area contributed by atoms with Crippen LogP contribution in [0.15, 0.2) is 73.1 Å². The highest BCUT2D eigenvalue weighted by atomic mass is 19.1. The predicted molar refractivity (Wildman–Crippen MR) is 113 cm³/mol. The van der Waals surface area contributed by atoms with E-state index in [1.807, 2.05) is 48.7 Å². The first-order valence-electron chi connectivity index (χ1n) is 10.0. The molecule has 0 bridgehead atoms. The van der Waals surface area contributed by atoms with Crippen LogP contribution in [-0.2, 0) is 6.54 Å². The Morgan fingerprint density at radius 2 is 1.59 bits per heavy atom. The highest BCUT2D eigenvalue weighted by Gasteiger charge is 2.21. The molecule has 6 heteroatoms. The van der Waals surface area contributed by atoms with Crippen LogP contribution in [0.5, 0.6) is 0 Å². The van der Waals surface area contributed by atoms with E-state index < -0.39 is 0 Å². The van der Waals surface area contributed by atoms with Gasteiger partial charge >= 0.3 is 0 Å². The van der Waals surface area contributed by atoms with Crippen molar-refractivity contribution < 1.29 is 4.39 Å². The van der Waals surface area contributed by atoms with Gasteiger partial charge in [0.15, 0.2) is 0 Å². The second-order valence-electron chi connectivity index (χ2n) is 7.28. The Hall–Kier alpha value is -2.83. The molecule has 1 aromatic carbocycles. The molecule has 3 heterocycles. The average molecular weight is 391 g/mol. The molecule has 29 heavy (non-hydrogen) atoms. The number of aromatic nitrogens is 2. The summed E-state index contributed by atoms with van der Waals surface area (Å²) in [6, 6.07) is 18.9. The van der Waals surface area contributed by atoms with Gasteiger partial charge in [0.2, 0.25) is 0 Å². The number of hydrogen-bond donors (Lipinski definition) is 1. The first-order valence-corrected chi connectivity index (χ1v) is 10.0. The molecule has 5 nitrogen and oxygen atoms in total. The average Bonchev–Trinajstić information content (AvgIpc) is 2.79. The Labute approximate surface area is 171 Å². The fraction of sp³-hybridized carbons (Fsp3) is 0.304. The maximum absolute atomic E-state index is 13.4. The molecule has 3 aromatic rings. The zero-order chi connectivity index (χ0) is 19.9. The van der Waals surface area contributed by atoms with Gasteiger partial charge in [-0.15, -0.1) is 0 Å². The van der Waals surface area contributed by atoms with Crippen molar-refractivity contribution in [3.63, 3.8) is 0 Å². The van der Waals surface area contributed by atoms with Gasteiger partial charge < -0.3 is 10.2 Å². The second-order valence-corrected chi connectivity index (χ2v) is 7.28. The summed E-state index contributed by atoms with van der Waals surface area (Å²) in [6.07, 6.45) is 3.65. The fourth-order valence-electron chi connectivity index (χ4n) is 3.67. The number of pyridine rings is 2. The topological polar surface area (TPSA) is 44.3 Å². The number of nitrogens with zero attached hydrogens (tertiary/aromatic N) is 4. The lowest BCUT2D eigenvalue weighted by Crippen LogP contribution is -2.49. The number of anilines is 1. The van der Waals surface area contributed by atoms with E-state index in [9.17, 15) is 4.39 Å². The number of piperazine rings is 1. The summed E-state index contributed by atoms with van der Waals surface area (Å²) in [5.41, 5.74) is 2.09. The van der Waals surface area contributed by atoms with Crippen LogP contribution in [0.4, 0.5) is 10.2 Å². The van der Waals surface area contributed by atoms with Crippen molar-refractivity contribution in [3.8, 4) is 0 Å². The van der Waals surface area contributed by atoms with E-state index in [0.717, 1.165) is 49.8 Å². The fourth-order valence-corrected chi connectivity index (χ4v) is 3.67. The van der Waals surface area contributed by atoms with Gasteiger partial charge in [-0.3, -0.25) is 9.88 Å². The highest BCUT2D eigenvalue weighted by Crippen LogP contribution is 2.19. The maximum Gasteiger partial charge on any atom is 0.128 e. The van der Waals surface area contributed by atoms with Crippen LogP contribution in [0.1, 0.15) is 17.3 Å². The molecule has 1 aliphatic rings. The molecule has 1 atom stereocenters. The molecule has 0 amide bonds. The third-order valence-electron chi connectivity index (χ3n) is 5.31. The molecule has 1 aliphatic heterocycles. The van der Waals surface area contributed by atoms with Crippen molar-refractivity contribution in [2.75, 3.05) is 37.6 Å². The van der Waals surface area contributed by atoms with Crippen LogP contribution >= 0.6 is 0 Å². The minimum atomic E-state index is -0.207. The van der Waals surface area contributed by atoms with Crippen LogP contribution in [0.3, 0.4) is 0 Å². The molecule has 1 saturated heterocycles. The number of hydrogen-bond acceptors (Lipinski definition) is 5. The van der Waals surface area contributed by atoms with E-state index in [-0.39, 0.29) is 11.9 Å². The zero-order valence-electron chi connectivity index (χ0n) is 16.4. The number of halogens is 1. The molecule has 1 unspecified atom stereocenters. The van der Waals surface area contributed by atoms with Gasteiger partial charge in [0.05, 0.1) is 5.69 Å². The minimum Gasteiger partial charge on any atom is -0.354 e. The molecule has 150 valence electrons. The van der Waals surface area contributed by atoms with E-state index >= 15 is 0 Å². The first-order chi connectivity index (χ1) is 14.3. The van der Waals surface area contributed by atoms with Crippen molar-refractivity contribution in [2.24, 2.45) is 0 Å². The van der Waals surface area contributed by atoms with Crippen molar-refractivity contribution in [3.05, 3.63) is 90.1 Å². The molecule has 4 rings (SSSR count). The zero-order valence-corrected chi connectivity index (χ0v) is 16.4. The molecule has 2 aromatic heterocycles. The normalized spacial score (nSPS) is 16.0. The monoisotopic (exact) mass is 391 g/mol. The quantitative estimate of drug-likeness (QED) is 0.670. The second kappa shape index (κ2) is 9.58. The summed E-state index contributed by atoms with van der Waals surface area (Å²) in [4.78, 5) is 13.6. The molecule has 0 saturated carbocycles. The Balaban J connectivity index is 1.39. The van der Waals surface area contributed by atoms with E-state index in [4.69, 9.17) is 0 Å². The van der Waals surface area contributed by atoms with Gasteiger partial charge in [-0.05, 0) is 42.0 Å². The maximum atomic E-state index is 13.4. The van der Waals surface area contributed by atoms with Crippen molar-refractivity contribution >= 4 is 5.82 Å². The van der Waals surface area contributed by atoms with Crippen molar-refractivity contribution in [1.29, 1.82) is 0 Å². The van der Waals surface area contributed by atoms with Crippen molar-refractivity contribution in [2.45, 2.75) is 12.6 Å². The third kappa shape index (κ3) is 5.37.